The number of aryl methyl sites for hydroxylation is 1. The molecule has 5 nitrogen and oxygen atoms in total. The lowest BCUT2D eigenvalue weighted by molar-refractivity contribution is 0.262. The highest BCUT2D eigenvalue weighted by molar-refractivity contribution is 7.23. The van der Waals surface area contributed by atoms with Crippen LogP contribution in [0.5, 0.6) is 5.75 Å². The maximum Gasteiger partial charge on any atom is 0.325 e. The van der Waals surface area contributed by atoms with Crippen molar-refractivity contribution in [3.05, 3.63) is 47.0 Å². The zero-order valence-corrected chi connectivity index (χ0v) is 14.1. The molecule has 0 fully saturated rings. The first kappa shape index (κ1) is 15.6. The van der Waals surface area contributed by atoms with Gasteiger partial charge in [0.25, 0.3) is 0 Å². The van der Waals surface area contributed by atoms with E-state index in [2.05, 4.69) is 15.6 Å². The molecule has 0 radical (unpaired) electrons. The lowest BCUT2D eigenvalue weighted by Gasteiger charge is -2.09. The van der Waals surface area contributed by atoms with Crippen LogP contribution < -0.4 is 15.4 Å². The number of methoxy groups -OCH3 is 1. The van der Waals surface area contributed by atoms with E-state index < -0.39 is 0 Å². The summed E-state index contributed by atoms with van der Waals surface area (Å²) in [4.78, 5) is 16.6. The van der Waals surface area contributed by atoms with Gasteiger partial charge in [0, 0.05) is 0 Å². The fourth-order valence-corrected chi connectivity index (χ4v) is 3.37. The van der Waals surface area contributed by atoms with Gasteiger partial charge in [-0.2, -0.15) is 0 Å². The number of anilines is 2. The van der Waals surface area contributed by atoms with Crippen LogP contribution in [0.25, 0.3) is 10.2 Å². The number of fused-ring (bicyclic) bond motifs is 1. The Morgan fingerprint density at radius 2 is 2.00 bits per heavy atom. The lowest BCUT2D eigenvalue weighted by Crippen LogP contribution is -2.19. The van der Waals surface area contributed by atoms with E-state index in [4.69, 9.17) is 16.3 Å². The van der Waals surface area contributed by atoms with Gasteiger partial charge in [0.05, 0.1) is 28.0 Å². The van der Waals surface area contributed by atoms with Crippen molar-refractivity contribution in [3.8, 4) is 5.75 Å². The summed E-state index contributed by atoms with van der Waals surface area (Å²) in [5.74, 6) is 0.589. The summed E-state index contributed by atoms with van der Waals surface area (Å²) in [6.07, 6.45) is 0. The molecule has 0 aliphatic carbocycles. The molecular formula is C16H14ClN3O2S. The Labute approximate surface area is 142 Å². The fraction of sp³-hybridized carbons (Fsp3) is 0.125. The van der Waals surface area contributed by atoms with Gasteiger partial charge in [-0.05, 0) is 30.7 Å². The Morgan fingerprint density at radius 1 is 1.22 bits per heavy atom. The number of rotatable bonds is 3. The molecule has 0 spiro atoms. The predicted octanol–water partition coefficient (Wildman–Crippen LogP) is 4.91. The van der Waals surface area contributed by atoms with E-state index in [9.17, 15) is 4.79 Å². The average molecular weight is 348 g/mol. The second-order valence-corrected chi connectivity index (χ2v) is 6.25. The van der Waals surface area contributed by atoms with Crippen molar-refractivity contribution in [2.45, 2.75) is 6.92 Å². The van der Waals surface area contributed by atoms with E-state index in [1.54, 1.807) is 19.2 Å². The highest BCUT2D eigenvalue weighted by Gasteiger charge is 2.12. The van der Waals surface area contributed by atoms with Crippen molar-refractivity contribution >= 4 is 50.0 Å². The number of halogens is 1. The van der Waals surface area contributed by atoms with Gasteiger partial charge in [0.1, 0.15) is 5.75 Å². The van der Waals surface area contributed by atoms with Crippen molar-refractivity contribution in [1.29, 1.82) is 0 Å². The number of para-hydroxylation sites is 2. The average Bonchev–Trinajstić information content (AvgIpc) is 2.96. The number of carbonyl (C=O) groups excluding carboxylic acids is 1. The van der Waals surface area contributed by atoms with E-state index in [1.165, 1.54) is 11.3 Å². The lowest BCUT2D eigenvalue weighted by atomic mass is 10.2. The molecule has 118 valence electrons. The van der Waals surface area contributed by atoms with Crippen LogP contribution >= 0.6 is 22.9 Å². The number of urea groups is 1. The molecule has 23 heavy (non-hydrogen) atoms. The Morgan fingerprint density at radius 3 is 2.74 bits per heavy atom. The summed E-state index contributed by atoms with van der Waals surface area (Å²) in [5, 5.41) is 6.59. The van der Waals surface area contributed by atoms with Crippen molar-refractivity contribution in [1.82, 2.24) is 4.98 Å². The number of carbonyl (C=O) groups is 1. The molecule has 2 amide bonds. The number of hydrogen-bond acceptors (Lipinski definition) is 4. The molecule has 0 bridgehead atoms. The molecule has 2 N–H and O–H groups in total. The van der Waals surface area contributed by atoms with Crippen molar-refractivity contribution in [2.24, 2.45) is 0 Å². The van der Waals surface area contributed by atoms with Gasteiger partial charge >= 0.3 is 6.03 Å². The predicted molar refractivity (Wildman–Crippen MR) is 95.0 cm³/mol. The summed E-state index contributed by atoms with van der Waals surface area (Å²) < 4.78 is 6.06. The van der Waals surface area contributed by atoms with E-state index in [0.717, 1.165) is 15.8 Å². The highest BCUT2D eigenvalue weighted by Crippen LogP contribution is 2.34. The summed E-state index contributed by atoms with van der Waals surface area (Å²) >= 11 is 7.51. The maximum absolute atomic E-state index is 12.2. The fourth-order valence-electron chi connectivity index (χ4n) is 2.15. The third-order valence-electron chi connectivity index (χ3n) is 3.27. The zero-order valence-electron chi connectivity index (χ0n) is 12.5. The first-order valence-electron chi connectivity index (χ1n) is 6.85. The summed E-state index contributed by atoms with van der Waals surface area (Å²) in [6.45, 7) is 1.96. The topological polar surface area (TPSA) is 63.2 Å². The van der Waals surface area contributed by atoms with Gasteiger partial charge in [-0.15, -0.1) is 0 Å². The van der Waals surface area contributed by atoms with Gasteiger partial charge in [-0.25, -0.2) is 9.78 Å². The number of benzene rings is 2. The number of aromatic nitrogens is 1. The minimum atomic E-state index is -0.387. The quantitative estimate of drug-likeness (QED) is 0.707. The molecule has 0 unspecified atom stereocenters. The van der Waals surface area contributed by atoms with E-state index >= 15 is 0 Å². The Balaban J connectivity index is 1.80. The number of ether oxygens (including phenoxy) is 1. The molecule has 3 aromatic rings. The van der Waals surface area contributed by atoms with Crippen LogP contribution in [-0.4, -0.2) is 18.1 Å². The Kier molecular flexibility index (Phi) is 4.36. The molecule has 1 heterocycles. The van der Waals surface area contributed by atoms with Crippen LogP contribution in [0.15, 0.2) is 36.4 Å². The minimum Gasteiger partial charge on any atom is -0.495 e. The number of nitrogens with one attached hydrogen (secondary N) is 2. The van der Waals surface area contributed by atoms with Crippen LogP contribution in [0.2, 0.25) is 5.02 Å². The van der Waals surface area contributed by atoms with E-state index in [0.29, 0.717) is 21.6 Å². The van der Waals surface area contributed by atoms with Gasteiger partial charge < -0.3 is 10.1 Å². The third kappa shape index (κ3) is 3.23. The summed E-state index contributed by atoms with van der Waals surface area (Å²) in [6, 6.07) is 10.5. The van der Waals surface area contributed by atoms with Crippen molar-refractivity contribution in [3.63, 3.8) is 0 Å². The number of nitrogens with zero attached hydrogens (tertiary/aromatic N) is 1. The molecule has 0 saturated heterocycles. The Hall–Kier alpha value is -2.31. The molecule has 7 heteroatoms. The van der Waals surface area contributed by atoms with Crippen molar-refractivity contribution in [2.75, 3.05) is 17.7 Å². The standard InChI is InChI=1S/C16H14ClN3O2S/c1-9-7-8-10(17)14-13(9)19-16(23-14)20-15(21)18-11-5-3-4-6-12(11)22-2/h3-8H,1-2H3,(H2,18,19,20,21). The molecule has 3 rings (SSSR count). The zero-order chi connectivity index (χ0) is 16.4. The minimum absolute atomic E-state index is 0.387. The molecule has 0 aliphatic rings. The largest absolute Gasteiger partial charge is 0.495 e. The van der Waals surface area contributed by atoms with E-state index in [-0.39, 0.29) is 6.03 Å². The van der Waals surface area contributed by atoms with Crippen LogP contribution in [-0.2, 0) is 0 Å². The van der Waals surface area contributed by atoms with Crippen LogP contribution in [0.3, 0.4) is 0 Å². The molecule has 0 aliphatic heterocycles. The van der Waals surface area contributed by atoms with Crippen LogP contribution in [0, 0.1) is 6.92 Å². The molecule has 0 saturated carbocycles. The van der Waals surface area contributed by atoms with Crippen LogP contribution in [0.1, 0.15) is 5.56 Å². The molecular weight excluding hydrogens is 334 g/mol. The second-order valence-electron chi connectivity index (χ2n) is 4.84. The van der Waals surface area contributed by atoms with Gasteiger partial charge in [0.15, 0.2) is 5.13 Å². The number of amides is 2. The van der Waals surface area contributed by atoms with Gasteiger partial charge in [-0.1, -0.05) is 41.1 Å². The normalized spacial score (nSPS) is 10.6. The first-order valence-corrected chi connectivity index (χ1v) is 8.04. The smallest absolute Gasteiger partial charge is 0.325 e. The SMILES string of the molecule is COc1ccccc1NC(=O)Nc1nc2c(C)ccc(Cl)c2s1. The monoisotopic (exact) mass is 347 g/mol. The van der Waals surface area contributed by atoms with Crippen LogP contribution in [0.4, 0.5) is 15.6 Å². The van der Waals surface area contributed by atoms with Gasteiger partial charge in [0.2, 0.25) is 0 Å². The first-order chi connectivity index (χ1) is 11.1. The highest BCUT2D eigenvalue weighted by atomic mass is 35.5. The van der Waals surface area contributed by atoms with Gasteiger partial charge in [-0.3, -0.25) is 5.32 Å². The number of hydrogen-bond donors (Lipinski definition) is 2. The number of thiazole rings is 1. The molecule has 1 aromatic heterocycles. The summed E-state index contributed by atoms with van der Waals surface area (Å²) in [7, 11) is 1.55. The third-order valence-corrected chi connectivity index (χ3v) is 4.70. The van der Waals surface area contributed by atoms with E-state index in [1.807, 2.05) is 31.2 Å². The molecule has 0 atom stereocenters. The maximum atomic E-state index is 12.2. The Bertz CT molecular complexity index is 840. The summed E-state index contributed by atoms with van der Waals surface area (Å²) in [5.41, 5.74) is 2.40. The molecule has 2 aromatic carbocycles. The second kappa shape index (κ2) is 6.44. The van der Waals surface area contributed by atoms with Crippen molar-refractivity contribution < 1.29 is 9.53 Å².